The van der Waals surface area contributed by atoms with Gasteiger partial charge in [0, 0.05) is 45.3 Å². The average Bonchev–Trinajstić information content (AvgIpc) is 2.72. The summed E-state index contributed by atoms with van der Waals surface area (Å²) in [6, 6.07) is 10.9. The Labute approximate surface area is 158 Å². The standard InChI is InChI=1S/C21H34N4O/c1-22-20(23-12-15-25-13-6-3-7-14-25)24-18-21(10-16-26-17-11-21)19-8-4-2-5-9-19/h2,4-5,8-9H,3,6-7,10-18H2,1H3,(H2,22,23,24). The molecule has 2 N–H and O–H groups in total. The third kappa shape index (κ3) is 5.21. The molecule has 0 aromatic heterocycles. The molecule has 0 spiro atoms. The lowest BCUT2D eigenvalue weighted by Gasteiger charge is -2.38. The van der Waals surface area contributed by atoms with Gasteiger partial charge in [-0.05, 0) is 44.3 Å². The number of aliphatic imine (C=N–C) groups is 1. The van der Waals surface area contributed by atoms with E-state index in [4.69, 9.17) is 4.74 Å². The molecule has 2 fully saturated rings. The zero-order valence-corrected chi connectivity index (χ0v) is 16.2. The molecular weight excluding hydrogens is 324 g/mol. The molecule has 0 amide bonds. The summed E-state index contributed by atoms with van der Waals surface area (Å²) in [5.74, 6) is 0.906. The second kappa shape index (κ2) is 9.93. The maximum Gasteiger partial charge on any atom is 0.191 e. The molecule has 0 unspecified atom stereocenters. The molecule has 0 saturated carbocycles. The number of nitrogens with one attached hydrogen (secondary N) is 2. The van der Waals surface area contributed by atoms with Crippen molar-refractivity contribution in [2.24, 2.45) is 4.99 Å². The quantitative estimate of drug-likeness (QED) is 0.606. The molecule has 0 radical (unpaired) electrons. The first-order valence-corrected chi connectivity index (χ1v) is 10.1. The number of nitrogens with zero attached hydrogens (tertiary/aromatic N) is 2. The zero-order valence-electron chi connectivity index (χ0n) is 16.2. The van der Waals surface area contributed by atoms with Gasteiger partial charge in [-0.15, -0.1) is 0 Å². The molecule has 2 aliphatic rings. The summed E-state index contributed by atoms with van der Waals surface area (Å²) < 4.78 is 5.63. The van der Waals surface area contributed by atoms with Crippen molar-refractivity contribution >= 4 is 5.96 Å². The zero-order chi connectivity index (χ0) is 18.1. The third-order valence-corrected chi connectivity index (χ3v) is 5.82. The van der Waals surface area contributed by atoms with Crippen LogP contribution in [-0.2, 0) is 10.2 Å². The van der Waals surface area contributed by atoms with Crippen molar-refractivity contribution in [1.29, 1.82) is 0 Å². The van der Waals surface area contributed by atoms with Crippen LogP contribution in [0.15, 0.2) is 35.3 Å². The SMILES string of the molecule is CN=C(NCCN1CCCCC1)NCC1(c2ccccc2)CCOCC1. The van der Waals surface area contributed by atoms with Crippen molar-refractivity contribution in [3.8, 4) is 0 Å². The highest BCUT2D eigenvalue weighted by atomic mass is 16.5. The van der Waals surface area contributed by atoms with Gasteiger partial charge in [0.1, 0.15) is 0 Å². The van der Waals surface area contributed by atoms with Crippen LogP contribution < -0.4 is 10.6 Å². The summed E-state index contributed by atoms with van der Waals surface area (Å²) in [6.45, 7) is 7.08. The fourth-order valence-electron chi connectivity index (χ4n) is 4.11. The highest BCUT2D eigenvalue weighted by Gasteiger charge is 2.34. The molecule has 0 atom stereocenters. The molecule has 1 aromatic rings. The van der Waals surface area contributed by atoms with E-state index < -0.39 is 0 Å². The predicted molar refractivity (Wildman–Crippen MR) is 108 cm³/mol. The summed E-state index contributed by atoms with van der Waals surface area (Å²) in [7, 11) is 1.86. The van der Waals surface area contributed by atoms with Crippen LogP contribution >= 0.6 is 0 Å². The van der Waals surface area contributed by atoms with Gasteiger partial charge in [0.05, 0.1) is 0 Å². The molecule has 0 bridgehead atoms. The van der Waals surface area contributed by atoms with Crippen molar-refractivity contribution in [2.45, 2.75) is 37.5 Å². The molecule has 26 heavy (non-hydrogen) atoms. The Balaban J connectivity index is 1.52. The smallest absolute Gasteiger partial charge is 0.191 e. The minimum atomic E-state index is 0.129. The number of ether oxygens (including phenoxy) is 1. The molecule has 3 rings (SSSR count). The van der Waals surface area contributed by atoms with Crippen LogP contribution in [-0.4, -0.2) is 63.8 Å². The monoisotopic (exact) mass is 358 g/mol. The lowest BCUT2D eigenvalue weighted by atomic mass is 9.74. The van der Waals surface area contributed by atoms with Gasteiger partial charge in [0.25, 0.3) is 0 Å². The predicted octanol–water partition coefficient (Wildman–Crippen LogP) is 2.39. The highest BCUT2D eigenvalue weighted by molar-refractivity contribution is 5.79. The Morgan fingerprint density at radius 3 is 2.50 bits per heavy atom. The number of hydrogen-bond acceptors (Lipinski definition) is 3. The minimum absolute atomic E-state index is 0.129. The van der Waals surface area contributed by atoms with Gasteiger partial charge < -0.3 is 20.3 Å². The van der Waals surface area contributed by atoms with Gasteiger partial charge in [-0.25, -0.2) is 0 Å². The molecule has 2 heterocycles. The van der Waals surface area contributed by atoms with Crippen LogP contribution in [0.2, 0.25) is 0 Å². The second-order valence-corrected chi connectivity index (χ2v) is 7.51. The maximum absolute atomic E-state index is 5.63. The second-order valence-electron chi connectivity index (χ2n) is 7.51. The number of likely N-dealkylation sites (tertiary alicyclic amines) is 1. The van der Waals surface area contributed by atoms with E-state index >= 15 is 0 Å². The van der Waals surface area contributed by atoms with Crippen molar-refractivity contribution in [1.82, 2.24) is 15.5 Å². The fraction of sp³-hybridized carbons (Fsp3) is 0.667. The van der Waals surface area contributed by atoms with Crippen LogP contribution in [0.5, 0.6) is 0 Å². The van der Waals surface area contributed by atoms with Crippen LogP contribution in [0.4, 0.5) is 0 Å². The number of piperidine rings is 1. The molecule has 5 nitrogen and oxygen atoms in total. The fourth-order valence-corrected chi connectivity index (χ4v) is 4.11. The van der Waals surface area contributed by atoms with E-state index in [1.54, 1.807) is 0 Å². The van der Waals surface area contributed by atoms with Gasteiger partial charge >= 0.3 is 0 Å². The Hall–Kier alpha value is -1.59. The molecule has 1 aromatic carbocycles. The van der Waals surface area contributed by atoms with Crippen LogP contribution in [0, 0.1) is 0 Å². The van der Waals surface area contributed by atoms with Crippen LogP contribution in [0.1, 0.15) is 37.7 Å². The molecule has 2 saturated heterocycles. The Morgan fingerprint density at radius 1 is 1.08 bits per heavy atom. The largest absolute Gasteiger partial charge is 0.381 e. The van der Waals surface area contributed by atoms with E-state index in [1.807, 2.05) is 7.05 Å². The number of benzene rings is 1. The summed E-state index contributed by atoms with van der Waals surface area (Å²) in [5, 5.41) is 7.07. The van der Waals surface area contributed by atoms with E-state index in [0.29, 0.717) is 0 Å². The minimum Gasteiger partial charge on any atom is -0.381 e. The molecular formula is C21H34N4O. The molecule has 144 valence electrons. The van der Waals surface area contributed by atoms with Crippen molar-refractivity contribution in [3.05, 3.63) is 35.9 Å². The third-order valence-electron chi connectivity index (χ3n) is 5.82. The van der Waals surface area contributed by atoms with Gasteiger partial charge in [-0.2, -0.15) is 0 Å². The Bertz CT molecular complexity index is 548. The maximum atomic E-state index is 5.63. The Kier molecular flexibility index (Phi) is 7.32. The highest BCUT2D eigenvalue weighted by Crippen LogP contribution is 2.34. The summed E-state index contributed by atoms with van der Waals surface area (Å²) in [4.78, 5) is 6.97. The lowest BCUT2D eigenvalue weighted by Crippen LogP contribution is -2.49. The van der Waals surface area contributed by atoms with E-state index in [9.17, 15) is 0 Å². The van der Waals surface area contributed by atoms with E-state index in [2.05, 4.69) is 50.9 Å². The van der Waals surface area contributed by atoms with E-state index in [-0.39, 0.29) is 5.41 Å². The number of guanidine groups is 1. The van der Waals surface area contributed by atoms with Gasteiger partial charge in [0.2, 0.25) is 0 Å². The number of rotatable bonds is 6. The van der Waals surface area contributed by atoms with Crippen molar-refractivity contribution in [3.63, 3.8) is 0 Å². The molecule has 5 heteroatoms. The van der Waals surface area contributed by atoms with E-state index in [1.165, 1.54) is 37.9 Å². The summed E-state index contributed by atoms with van der Waals surface area (Å²) in [5.41, 5.74) is 1.53. The van der Waals surface area contributed by atoms with Gasteiger partial charge in [0.15, 0.2) is 5.96 Å². The van der Waals surface area contributed by atoms with E-state index in [0.717, 1.165) is 51.6 Å². The molecule has 0 aliphatic carbocycles. The van der Waals surface area contributed by atoms with Crippen LogP contribution in [0.3, 0.4) is 0 Å². The average molecular weight is 359 g/mol. The lowest BCUT2D eigenvalue weighted by molar-refractivity contribution is 0.0514. The van der Waals surface area contributed by atoms with Crippen LogP contribution in [0.25, 0.3) is 0 Å². The van der Waals surface area contributed by atoms with Crippen molar-refractivity contribution < 1.29 is 4.74 Å². The summed E-state index contributed by atoms with van der Waals surface area (Å²) in [6.07, 6.45) is 6.17. The summed E-state index contributed by atoms with van der Waals surface area (Å²) >= 11 is 0. The topological polar surface area (TPSA) is 48.9 Å². The Morgan fingerprint density at radius 2 is 1.81 bits per heavy atom. The number of hydrogen-bond donors (Lipinski definition) is 2. The first-order valence-electron chi connectivity index (χ1n) is 10.1. The van der Waals surface area contributed by atoms with Gasteiger partial charge in [-0.1, -0.05) is 36.8 Å². The normalized spacial score (nSPS) is 21.3. The first-order chi connectivity index (χ1) is 12.8. The first kappa shape index (κ1) is 19.2. The molecule has 2 aliphatic heterocycles. The van der Waals surface area contributed by atoms with Gasteiger partial charge in [-0.3, -0.25) is 4.99 Å². The van der Waals surface area contributed by atoms with Crippen molar-refractivity contribution in [2.75, 3.05) is 53.0 Å².